The Morgan fingerprint density at radius 2 is 1.92 bits per heavy atom. The lowest BCUT2D eigenvalue weighted by molar-refractivity contribution is -0.261. The van der Waals surface area contributed by atoms with Gasteiger partial charge in [0.05, 0.1) is 19.3 Å². The minimum Gasteiger partial charge on any atom is -0.468 e. The fourth-order valence-corrected chi connectivity index (χ4v) is 6.46. The predicted octanol–water partition coefficient (Wildman–Crippen LogP) is 3.05. The molecule has 146 valence electrons. The maximum Gasteiger partial charge on any atom is 0.319 e. The van der Waals surface area contributed by atoms with Gasteiger partial charge in [0.1, 0.15) is 16.8 Å². The summed E-state index contributed by atoms with van der Waals surface area (Å²) >= 11 is 0. The van der Waals surface area contributed by atoms with Crippen LogP contribution in [0.5, 0.6) is 0 Å². The molecule has 1 saturated heterocycles. The van der Waals surface area contributed by atoms with Crippen LogP contribution in [0.1, 0.15) is 59.3 Å². The molecule has 3 rings (SSSR count). The molecule has 3 fully saturated rings. The van der Waals surface area contributed by atoms with Crippen molar-refractivity contribution in [1.82, 2.24) is 0 Å². The van der Waals surface area contributed by atoms with Gasteiger partial charge in [0.25, 0.3) is 0 Å². The molecule has 5 nitrogen and oxygen atoms in total. The zero-order valence-corrected chi connectivity index (χ0v) is 16.5. The Morgan fingerprint density at radius 3 is 2.50 bits per heavy atom. The number of aliphatic hydroxyl groups is 1. The van der Waals surface area contributed by atoms with Gasteiger partial charge >= 0.3 is 5.97 Å². The fourth-order valence-electron chi connectivity index (χ4n) is 6.46. The van der Waals surface area contributed by atoms with Crippen molar-refractivity contribution in [3.05, 3.63) is 12.7 Å². The molecule has 26 heavy (non-hydrogen) atoms. The number of carbonyl (C=O) groups excluding carboxylic acids is 2. The summed E-state index contributed by atoms with van der Waals surface area (Å²) in [6, 6.07) is 0. The SMILES string of the molecule is C=C[C@]1(CO)CC[C@H]2[C@]3(C)CCC(=O)[C@](C)(C(=O)OC)[C@H]3CC[C@]2(C)O1. The molecule has 3 aliphatic rings. The van der Waals surface area contributed by atoms with Crippen molar-refractivity contribution in [3.63, 3.8) is 0 Å². The average Bonchev–Trinajstić information content (AvgIpc) is 2.63. The number of ether oxygens (including phenoxy) is 2. The van der Waals surface area contributed by atoms with Crippen molar-refractivity contribution >= 4 is 11.8 Å². The highest BCUT2D eigenvalue weighted by Gasteiger charge is 2.66. The molecule has 2 aliphatic carbocycles. The first-order chi connectivity index (χ1) is 12.1. The summed E-state index contributed by atoms with van der Waals surface area (Å²) in [7, 11) is 1.36. The molecule has 1 heterocycles. The first kappa shape index (κ1) is 19.6. The van der Waals surface area contributed by atoms with Crippen molar-refractivity contribution < 1.29 is 24.2 Å². The molecule has 0 bridgehead atoms. The van der Waals surface area contributed by atoms with Crippen molar-refractivity contribution in [2.75, 3.05) is 13.7 Å². The van der Waals surface area contributed by atoms with E-state index in [0.29, 0.717) is 12.8 Å². The lowest BCUT2D eigenvalue weighted by Crippen LogP contribution is -2.66. The quantitative estimate of drug-likeness (QED) is 0.473. The monoisotopic (exact) mass is 364 g/mol. The molecule has 0 spiro atoms. The van der Waals surface area contributed by atoms with Crippen LogP contribution in [0.2, 0.25) is 0 Å². The highest BCUT2D eigenvalue weighted by atomic mass is 16.5. The summed E-state index contributed by atoms with van der Waals surface area (Å²) in [5.41, 5.74) is -2.33. The molecule has 0 aromatic rings. The molecule has 6 atom stereocenters. The van der Waals surface area contributed by atoms with E-state index in [9.17, 15) is 14.7 Å². The second-order valence-corrected chi connectivity index (χ2v) is 9.15. The predicted molar refractivity (Wildman–Crippen MR) is 97.4 cm³/mol. The average molecular weight is 364 g/mol. The highest BCUT2D eigenvalue weighted by Crippen LogP contribution is 2.65. The van der Waals surface area contributed by atoms with Crippen molar-refractivity contribution in [3.8, 4) is 0 Å². The number of ketones is 1. The Kier molecular flexibility index (Phi) is 4.64. The second-order valence-electron chi connectivity index (χ2n) is 9.15. The lowest BCUT2D eigenvalue weighted by atomic mass is 9.43. The number of fused-ring (bicyclic) bond motifs is 3. The van der Waals surface area contributed by atoms with Gasteiger partial charge in [-0.05, 0) is 63.2 Å². The fraction of sp³-hybridized carbons (Fsp3) is 0.810. The Bertz CT molecular complexity index is 620. The van der Waals surface area contributed by atoms with E-state index < -0.39 is 22.6 Å². The van der Waals surface area contributed by atoms with Crippen LogP contribution < -0.4 is 0 Å². The van der Waals surface area contributed by atoms with E-state index in [1.54, 1.807) is 13.0 Å². The number of esters is 1. The number of hydrogen-bond donors (Lipinski definition) is 1. The maximum absolute atomic E-state index is 12.8. The topological polar surface area (TPSA) is 72.8 Å². The summed E-state index contributed by atoms with van der Waals surface area (Å²) in [5.74, 6) is -0.223. The first-order valence-corrected chi connectivity index (χ1v) is 9.68. The molecule has 2 saturated carbocycles. The Hall–Kier alpha value is -1.20. The van der Waals surface area contributed by atoms with Gasteiger partial charge in [-0.3, -0.25) is 9.59 Å². The summed E-state index contributed by atoms with van der Waals surface area (Å²) in [6.45, 7) is 9.92. The summed E-state index contributed by atoms with van der Waals surface area (Å²) in [4.78, 5) is 25.4. The van der Waals surface area contributed by atoms with Crippen molar-refractivity contribution in [2.45, 2.75) is 70.5 Å². The number of Topliss-reactive ketones (excluding diaryl/α,β-unsaturated/α-hetero) is 1. The number of aliphatic hydroxyl groups excluding tert-OH is 1. The van der Waals surface area contributed by atoms with Crippen LogP contribution in [-0.4, -0.2) is 41.8 Å². The number of carbonyl (C=O) groups is 2. The molecule has 0 aromatic heterocycles. The number of rotatable bonds is 3. The van der Waals surface area contributed by atoms with Gasteiger partial charge in [0, 0.05) is 6.42 Å². The van der Waals surface area contributed by atoms with E-state index in [2.05, 4.69) is 20.4 Å². The molecule has 1 aliphatic heterocycles. The minimum absolute atomic E-state index is 0.00273. The van der Waals surface area contributed by atoms with E-state index in [1.165, 1.54) is 7.11 Å². The Balaban J connectivity index is 2.00. The smallest absolute Gasteiger partial charge is 0.319 e. The lowest BCUT2D eigenvalue weighted by Gasteiger charge is -2.64. The third kappa shape index (κ3) is 2.43. The van der Waals surface area contributed by atoms with Crippen LogP contribution in [0.4, 0.5) is 0 Å². The molecule has 1 N–H and O–H groups in total. The van der Waals surface area contributed by atoms with E-state index in [1.807, 2.05) is 0 Å². The van der Waals surface area contributed by atoms with Crippen LogP contribution in [0, 0.1) is 22.7 Å². The maximum atomic E-state index is 12.8. The standard InChI is InChI=1S/C21H32O5/c1-6-21(13-22)12-8-14-18(2)10-9-16(23)20(4,17(24)25-5)15(18)7-11-19(14,3)26-21/h6,14-15,22H,1,7-13H2,2-5H3/t14-,15-,18-,19-,20+,21+/m0/s1. The van der Waals surface area contributed by atoms with E-state index in [4.69, 9.17) is 9.47 Å². The second kappa shape index (κ2) is 6.16. The Labute approximate surface area is 156 Å². The zero-order valence-electron chi connectivity index (χ0n) is 16.5. The summed E-state index contributed by atoms with van der Waals surface area (Å²) in [6.07, 6.45) is 5.99. The van der Waals surface area contributed by atoms with Crippen molar-refractivity contribution in [2.24, 2.45) is 22.7 Å². The zero-order chi connectivity index (χ0) is 19.4. The summed E-state index contributed by atoms with van der Waals surface area (Å²) < 4.78 is 11.5. The number of methoxy groups -OCH3 is 1. The molecule has 0 aromatic carbocycles. The van der Waals surface area contributed by atoms with Crippen LogP contribution in [-0.2, 0) is 19.1 Å². The van der Waals surface area contributed by atoms with Gasteiger partial charge in [-0.2, -0.15) is 0 Å². The molecule has 0 amide bonds. The number of hydrogen-bond acceptors (Lipinski definition) is 5. The summed E-state index contributed by atoms with van der Waals surface area (Å²) in [5, 5.41) is 9.86. The Morgan fingerprint density at radius 1 is 1.27 bits per heavy atom. The van der Waals surface area contributed by atoms with Gasteiger partial charge in [-0.15, -0.1) is 6.58 Å². The molecular formula is C21H32O5. The van der Waals surface area contributed by atoms with Crippen LogP contribution in [0.25, 0.3) is 0 Å². The van der Waals surface area contributed by atoms with Gasteiger partial charge in [0.2, 0.25) is 0 Å². The van der Waals surface area contributed by atoms with Gasteiger partial charge in [-0.25, -0.2) is 0 Å². The van der Waals surface area contributed by atoms with Gasteiger partial charge in [-0.1, -0.05) is 13.0 Å². The third-order valence-electron chi connectivity index (χ3n) is 7.97. The van der Waals surface area contributed by atoms with E-state index >= 15 is 0 Å². The van der Waals surface area contributed by atoms with E-state index in [0.717, 1.165) is 25.7 Å². The molecule has 0 unspecified atom stereocenters. The van der Waals surface area contributed by atoms with Gasteiger partial charge < -0.3 is 14.6 Å². The largest absolute Gasteiger partial charge is 0.468 e. The minimum atomic E-state index is -1.08. The first-order valence-electron chi connectivity index (χ1n) is 9.68. The molecule has 5 heteroatoms. The molecular weight excluding hydrogens is 332 g/mol. The van der Waals surface area contributed by atoms with Crippen molar-refractivity contribution in [1.29, 1.82) is 0 Å². The van der Waals surface area contributed by atoms with Crippen LogP contribution >= 0.6 is 0 Å². The van der Waals surface area contributed by atoms with Crippen LogP contribution in [0.15, 0.2) is 12.7 Å². The molecule has 0 radical (unpaired) electrons. The highest BCUT2D eigenvalue weighted by molar-refractivity contribution is 6.04. The van der Waals surface area contributed by atoms with Gasteiger partial charge in [0.15, 0.2) is 0 Å². The van der Waals surface area contributed by atoms with Crippen LogP contribution in [0.3, 0.4) is 0 Å². The normalized spacial score (nSPS) is 48.3. The van der Waals surface area contributed by atoms with E-state index in [-0.39, 0.29) is 29.6 Å². The third-order valence-corrected chi connectivity index (χ3v) is 7.97.